The van der Waals surface area contributed by atoms with Gasteiger partial charge in [-0.15, -0.1) is 0 Å². The monoisotopic (exact) mass is 402 g/mol. The molecule has 0 radical (unpaired) electrons. The van der Waals surface area contributed by atoms with Gasteiger partial charge in [0.2, 0.25) is 0 Å². The number of carbonyl (C=O) groups excluding carboxylic acids is 1. The minimum atomic E-state index is -0.513. The van der Waals surface area contributed by atoms with Crippen LogP contribution in [0.15, 0.2) is 55.0 Å². The van der Waals surface area contributed by atoms with E-state index in [1.54, 1.807) is 24.7 Å². The molecular weight excluding hydrogens is 379 g/mol. The molecule has 30 heavy (non-hydrogen) atoms. The number of Topliss-reactive ketones (excluding diaryl/α,β-unsaturated/α-hetero) is 1. The van der Waals surface area contributed by atoms with Crippen LogP contribution in [0.1, 0.15) is 42.6 Å². The summed E-state index contributed by atoms with van der Waals surface area (Å²) in [5, 5.41) is 0. The highest BCUT2D eigenvalue weighted by molar-refractivity contribution is 5.92. The van der Waals surface area contributed by atoms with E-state index in [2.05, 4.69) is 20.9 Å². The number of pyridine rings is 1. The van der Waals surface area contributed by atoms with E-state index < -0.39 is 5.41 Å². The summed E-state index contributed by atoms with van der Waals surface area (Å²) in [6.45, 7) is 0.889. The van der Waals surface area contributed by atoms with Crippen LogP contribution in [0.25, 0.3) is 0 Å². The Kier molecular flexibility index (Phi) is 4.77. The van der Waals surface area contributed by atoms with Crippen LogP contribution in [0.3, 0.4) is 0 Å². The van der Waals surface area contributed by atoms with E-state index in [1.807, 2.05) is 12.1 Å². The molecule has 152 valence electrons. The zero-order valence-electron chi connectivity index (χ0n) is 16.7. The van der Waals surface area contributed by atoms with Gasteiger partial charge in [0.05, 0.1) is 22.5 Å². The minimum absolute atomic E-state index is 0.177. The fourth-order valence-electron chi connectivity index (χ4n) is 4.56. The van der Waals surface area contributed by atoms with Gasteiger partial charge in [-0.05, 0) is 61.6 Å². The molecule has 3 heterocycles. The second-order valence-corrected chi connectivity index (χ2v) is 8.15. The number of hydrogen-bond donors (Lipinski definition) is 0. The van der Waals surface area contributed by atoms with Crippen LogP contribution < -0.4 is 4.90 Å². The van der Waals surface area contributed by atoms with Gasteiger partial charge in [0.25, 0.3) is 0 Å². The molecule has 0 saturated heterocycles. The molecule has 1 fully saturated rings. The summed E-state index contributed by atoms with van der Waals surface area (Å²) < 4.78 is 13.2. The molecular formula is C24H23FN4O. The summed E-state index contributed by atoms with van der Waals surface area (Å²) in [7, 11) is 0. The van der Waals surface area contributed by atoms with Crippen LogP contribution >= 0.6 is 0 Å². The second-order valence-electron chi connectivity index (χ2n) is 8.15. The summed E-state index contributed by atoms with van der Waals surface area (Å²) in [6, 6.07) is 12.2. The molecule has 2 aliphatic rings. The number of rotatable bonds is 5. The number of anilines is 2. The summed E-state index contributed by atoms with van der Waals surface area (Å²) in [4.78, 5) is 28.9. The van der Waals surface area contributed by atoms with E-state index in [0.717, 1.165) is 67.1 Å². The van der Waals surface area contributed by atoms with Crippen molar-refractivity contribution < 1.29 is 9.18 Å². The number of nitrogens with zero attached hydrogens (tertiary/aromatic N) is 4. The van der Waals surface area contributed by atoms with Gasteiger partial charge in [-0.3, -0.25) is 9.78 Å². The first-order chi connectivity index (χ1) is 14.7. The lowest BCUT2D eigenvalue weighted by Crippen LogP contribution is -2.44. The lowest BCUT2D eigenvalue weighted by molar-refractivity contribution is -0.127. The number of halogens is 1. The molecule has 6 heteroatoms. The van der Waals surface area contributed by atoms with Crippen LogP contribution in [0.5, 0.6) is 0 Å². The number of ketones is 1. The lowest BCUT2D eigenvalue weighted by atomic mass is 9.62. The van der Waals surface area contributed by atoms with E-state index in [1.165, 1.54) is 12.1 Å². The van der Waals surface area contributed by atoms with Crippen LogP contribution in [-0.2, 0) is 23.1 Å². The number of aryl methyl sites for hydroxylation is 1. The maximum atomic E-state index is 13.3. The van der Waals surface area contributed by atoms with Gasteiger partial charge >= 0.3 is 0 Å². The van der Waals surface area contributed by atoms with Crippen molar-refractivity contribution in [2.45, 2.75) is 43.9 Å². The Bertz CT molecular complexity index is 1060. The predicted molar refractivity (Wildman–Crippen MR) is 112 cm³/mol. The fraction of sp³-hybridized carbons (Fsp3) is 0.333. The van der Waals surface area contributed by atoms with Crippen molar-refractivity contribution in [3.8, 4) is 0 Å². The highest BCUT2D eigenvalue weighted by Crippen LogP contribution is 2.45. The number of benzene rings is 1. The van der Waals surface area contributed by atoms with E-state index in [0.29, 0.717) is 6.42 Å². The Hall–Kier alpha value is -3.15. The standard InChI is InChI=1S/C24H23FN4O/c25-18-6-4-17(5-7-18)15-22(30)24(11-2-12-24)21-9-8-20-19(28-21)3-1-14-29(20)23-10-13-26-16-27-23/h4-10,13,16H,1-3,11-12,14-15H2. The Morgan fingerprint density at radius 3 is 2.60 bits per heavy atom. The van der Waals surface area contributed by atoms with Crippen molar-refractivity contribution in [3.05, 3.63) is 77.8 Å². The normalized spacial score (nSPS) is 17.2. The molecule has 2 aromatic heterocycles. The first-order valence-corrected chi connectivity index (χ1v) is 10.5. The summed E-state index contributed by atoms with van der Waals surface area (Å²) in [5.41, 5.74) is 3.30. The van der Waals surface area contributed by atoms with Crippen molar-refractivity contribution in [2.24, 2.45) is 0 Å². The van der Waals surface area contributed by atoms with Crippen molar-refractivity contribution >= 4 is 17.3 Å². The Balaban J connectivity index is 1.44. The average Bonchev–Trinajstić information content (AvgIpc) is 2.75. The molecule has 1 aliphatic heterocycles. The highest BCUT2D eigenvalue weighted by atomic mass is 19.1. The van der Waals surface area contributed by atoms with E-state index in [9.17, 15) is 9.18 Å². The van der Waals surface area contributed by atoms with Crippen LogP contribution in [-0.4, -0.2) is 27.3 Å². The summed E-state index contributed by atoms with van der Waals surface area (Å²) in [5.74, 6) is 0.761. The Morgan fingerprint density at radius 1 is 1.07 bits per heavy atom. The van der Waals surface area contributed by atoms with Crippen LogP contribution in [0.2, 0.25) is 0 Å². The molecule has 1 aromatic carbocycles. The second kappa shape index (κ2) is 7.59. The SMILES string of the molecule is O=C(Cc1ccc(F)cc1)C1(c2ccc3c(n2)CCCN3c2ccncn2)CCC1. The lowest BCUT2D eigenvalue weighted by Gasteiger charge is -2.41. The van der Waals surface area contributed by atoms with Gasteiger partial charge in [-0.2, -0.15) is 0 Å². The van der Waals surface area contributed by atoms with Crippen LogP contribution in [0, 0.1) is 5.82 Å². The molecule has 0 spiro atoms. The maximum Gasteiger partial charge on any atom is 0.149 e. The summed E-state index contributed by atoms with van der Waals surface area (Å²) in [6.07, 6.45) is 8.19. The van der Waals surface area contributed by atoms with Gasteiger partial charge in [-0.25, -0.2) is 14.4 Å². The Labute approximate surface area is 175 Å². The Morgan fingerprint density at radius 2 is 1.90 bits per heavy atom. The predicted octanol–water partition coefficient (Wildman–Crippen LogP) is 4.33. The molecule has 5 rings (SSSR count). The number of fused-ring (bicyclic) bond motifs is 1. The average molecular weight is 402 g/mol. The first kappa shape index (κ1) is 18.9. The van der Waals surface area contributed by atoms with E-state index in [-0.39, 0.29) is 11.6 Å². The fourth-order valence-corrected chi connectivity index (χ4v) is 4.56. The van der Waals surface area contributed by atoms with Gasteiger partial charge in [0.15, 0.2) is 0 Å². The molecule has 0 unspecified atom stereocenters. The quantitative estimate of drug-likeness (QED) is 0.636. The molecule has 3 aromatic rings. The van der Waals surface area contributed by atoms with Crippen molar-refractivity contribution in [1.82, 2.24) is 15.0 Å². The molecule has 5 nitrogen and oxygen atoms in total. The number of aromatic nitrogens is 3. The largest absolute Gasteiger partial charge is 0.325 e. The third kappa shape index (κ3) is 3.26. The topological polar surface area (TPSA) is 59.0 Å². The zero-order chi connectivity index (χ0) is 20.6. The van der Waals surface area contributed by atoms with Gasteiger partial charge in [-0.1, -0.05) is 18.6 Å². The van der Waals surface area contributed by atoms with Gasteiger partial charge in [0.1, 0.15) is 23.7 Å². The maximum absolute atomic E-state index is 13.3. The minimum Gasteiger partial charge on any atom is -0.325 e. The molecule has 0 bridgehead atoms. The van der Waals surface area contributed by atoms with Crippen molar-refractivity contribution in [1.29, 1.82) is 0 Å². The third-order valence-corrected chi connectivity index (χ3v) is 6.39. The first-order valence-electron chi connectivity index (χ1n) is 10.5. The third-order valence-electron chi connectivity index (χ3n) is 6.39. The van der Waals surface area contributed by atoms with Crippen LogP contribution in [0.4, 0.5) is 15.9 Å². The molecule has 0 amide bonds. The van der Waals surface area contributed by atoms with Gasteiger partial charge in [0, 0.05) is 19.2 Å². The number of carbonyl (C=O) groups is 1. The zero-order valence-corrected chi connectivity index (χ0v) is 16.7. The van der Waals surface area contributed by atoms with E-state index >= 15 is 0 Å². The molecule has 0 atom stereocenters. The van der Waals surface area contributed by atoms with Crippen molar-refractivity contribution in [3.63, 3.8) is 0 Å². The molecule has 1 aliphatic carbocycles. The molecule has 1 saturated carbocycles. The smallest absolute Gasteiger partial charge is 0.149 e. The molecule has 0 N–H and O–H groups in total. The van der Waals surface area contributed by atoms with Crippen molar-refractivity contribution in [2.75, 3.05) is 11.4 Å². The van der Waals surface area contributed by atoms with Gasteiger partial charge < -0.3 is 4.90 Å². The highest BCUT2D eigenvalue weighted by Gasteiger charge is 2.46. The summed E-state index contributed by atoms with van der Waals surface area (Å²) >= 11 is 0. The number of hydrogen-bond acceptors (Lipinski definition) is 5. The van der Waals surface area contributed by atoms with E-state index in [4.69, 9.17) is 4.98 Å².